The molecule has 1 aliphatic rings. The second kappa shape index (κ2) is 7.43. The Bertz CT molecular complexity index is 1090. The number of hydrogen-bond acceptors (Lipinski definition) is 4. The lowest BCUT2D eigenvalue weighted by Crippen LogP contribution is -2.35. The quantitative estimate of drug-likeness (QED) is 0.711. The molecule has 2 amide bonds. The van der Waals surface area contributed by atoms with Crippen molar-refractivity contribution in [1.29, 1.82) is 0 Å². The van der Waals surface area contributed by atoms with Crippen LogP contribution in [0.1, 0.15) is 23.6 Å². The number of methoxy groups -OCH3 is 1. The number of fused-ring (bicyclic) bond motifs is 1. The Labute approximate surface area is 168 Å². The summed E-state index contributed by atoms with van der Waals surface area (Å²) in [5.41, 5.74) is 4.28. The lowest BCUT2D eigenvalue weighted by molar-refractivity contribution is -0.125. The van der Waals surface area contributed by atoms with Crippen molar-refractivity contribution >= 4 is 23.3 Å². The summed E-state index contributed by atoms with van der Waals surface area (Å²) >= 11 is 0. The Morgan fingerprint density at radius 3 is 2.69 bits per heavy atom. The summed E-state index contributed by atoms with van der Waals surface area (Å²) in [6.45, 7) is 3.92. The third kappa shape index (κ3) is 3.59. The van der Waals surface area contributed by atoms with Gasteiger partial charge in [0.25, 0.3) is 0 Å². The molecule has 0 spiro atoms. The minimum atomic E-state index is -0.733. The van der Waals surface area contributed by atoms with Crippen molar-refractivity contribution in [2.45, 2.75) is 26.3 Å². The zero-order valence-electron chi connectivity index (χ0n) is 16.5. The van der Waals surface area contributed by atoms with E-state index in [0.717, 1.165) is 22.4 Å². The minimum absolute atomic E-state index is 0.0251. The van der Waals surface area contributed by atoms with Gasteiger partial charge in [0.1, 0.15) is 17.6 Å². The summed E-state index contributed by atoms with van der Waals surface area (Å²) in [5, 5.41) is 10.4. The van der Waals surface area contributed by atoms with Gasteiger partial charge < -0.3 is 15.4 Å². The Hall–Kier alpha value is -3.61. The molecular weight excluding hydrogens is 368 g/mol. The highest BCUT2D eigenvalue weighted by Crippen LogP contribution is 2.34. The van der Waals surface area contributed by atoms with Gasteiger partial charge in [-0.2, -0.15) is 5.10 Å². The summed E-state index contributed by atoms with van der Waals surface area (Å²) in [7, 11) is 1.57. The van der Waals surface area contributed by atoms with Crippen LogP contribution in [0.15, 0.2) is 48.5 Å². The largest absolute Gasteiger partial charge is 0.497 e. The zero-order chi connectivity index (χ0) is 20.5. The lowest BCUT2D eigenvalue weighted by atomic mass is 10.1. The zero-order valence-corrected chi connectivity index (χ0v) is 16.5. The van der Waals surface area contributed by atoms with E-state index >= 15 is 0 Å². The van der Waals surface area contributed by atoms with E-state index in [1.54, 1.807) is 36.1 Å². The second-order valence-corrected chi connectivity index (χ2v) is 7.12. The van der Waals surface area contributed by atoms with Crippen molar-refractivity contribution in [2.24, 2.45) is 0 Å². The molecule has 2 aromatic carbocycles. The van der Waals surface area contributed by atoms with E-state index < -0.39 is 6.04 Å². The summed E-state index contributed by atoms with van der Waals surface area (Å²) in [6.07, 6.45) is 0.0251. The number of aromatic nitrogens is 2. The van der Waals surface area contributed by atoms with Crippen LogP contribution in [0.2, 0.25) is 0 Å². The predicted octanol–water partition coefficient (Wildman–Crippen LogP) is 3.70. The number of nitrogens with one attached hydrogen (secondary N) is 2. The maximum Gasteiger partial charge on any atom is 0.249 e. The smallest absolute Gasteiger partial charge is 0.249 e. The Morgan fingerprint density at radius 2 is 1.97 bits per heavy atom. The molecule has 2 N–H and O–H groups in total. The number of benzene rings is 2. The number of aryl methyl sites for hydroxylation is 1. The molecule has 1 aromatic heterocycles. The van der Waals surface area contributed by atoms with Gasteiger partial charge in [-0.25, -0.2) is 4.68 Å². The molecule has 0 unspecified atom stereocenters. The van der Waals surface area contributed by atoms with Gasteiger partial charge in [-0.15, -0.1) is 0 Å². The molecule has 0 aliphatic carbocycles. The van der Waals surface area contributed by atoms with Crippen LogP contribution in [0.5, 0.6) is 5.75 Å². The van der Waals surface area contributed by atoms with Gasteiger partial charge in [0.15, 0.2) is 0 Å². The summed E-state index contributed by atoms with van der Waals surface area (Å²) in [5.74, 6) is 0.693. The third-order valence-corrected chi connectivity index (χ3v) is 5.04. The summed E-state index contributed by atoms with van der Waals surface area (Å²) in [4.78, 5) is 25.3. The molecule has 4 rings (SSSR count). The van der Waals surface area contributed by atoms with Crippen LogP contribution in [-0.4, -0.2) is 28.7 Å². The van der Waals surface area contributed by atoms with E-state index in [4.69, 9.17) is 4.74 Å². The van der Waals surface area contributed by atoms with Crippen LogP contribution < -0.4 is 15.4 Å². The van der Waals surface area contributed by atoms with Gasteiger partial charge in [-0.1, -0.05) is 35.9 Å². The first-order valence-electron chi connectivity index (χ1n) is 9.37. The molecule has 0 saturated carbocycles. The minimum Gasteiger partial charge on any atom is -0.497 e. The van der Waals surface area contributed by atoms with E-state index in [-0.39, 0.29) is 18.2 Å². The van der Waals surface area contributed by atoms with E-state index in [1.807, 2.05) is 38.1 Å². The van der Waals surface area contributed by atoms with Crippen molar-refractivity contribution in [2.75, 3.05) is 17.7 Å². The standard InChI is InChI=1S/C22H22N4O3/c1-13-7-9-15(10-8-13)20-14(2)21-24-19(27)12-18(26(21)25-20)22(28)23-16-5-4-6-17(11-16)29-3/h4-11,18H,12H2,1-3H3,(H,23,28)(H,24,27)/t18-/m1/s1. The van der Waals surface area contributed by atoms with E-state index in [9.17, 15) is 9.59 Å². The van der Waals surface area contributed by atoms with Crippen molar-refractivity contribution < 1.29 is 14.3 Å². The fourth-order valence-electron chi connectivity index (χ4n) is 3.45. The molecule has 0 bridgehead atoms. The third-order valence-electron chi connectivity index (χ3n) is 5.04. The van der Waals surface area contributed by atoms with Crippen LogP contribution >= 0.6 is 0 Å². The number of rotatable bonds is 4. The van der Waals surface area contributed by atoms with E-state index in [0.29, 0.717) is 17.3 Å². The molecule has 7 nitrogen and oxygen atoms in total. The van der Waals surface area contributed by atoms with Crippen LogP contribution in [0, 0.1) is 13.8 Å². The molecular formula is C22H22N4O3. The summed E-state index contributed by atoms with van der Waals surface area (Å²) < 4.78 is 6.81. The molecule has 29 heavy (non-hydrogen) atoms. The molecule has 2 heterocycles. The molecule has 0 fully saturated rings. The highest BCUT2D eigenvalue weighted by atomic mass is 16.5. The number of carbonyl (C=O) groups is 2. The molecule has 0 saturated heterocycles. The molecule has 1 atom stereocenters. The Kier molecular flexibility index (Phi) is 4.80. The summed E-state index contributed by atoms with van der Waals surface area (Å²) in [6, 6.07) is 14.4. The molecule has 3 aromatic rings. The average molecular weight is 390 g/mol. The highest BCUT2D eigenvalue weighted by Gasteiger charge is 2.34. The molecule has 0 radical (unpaired) electrons. The first kappa shape index (κ1) is 18.7. The first-order chi connectivity index (χ1) is 14.0. The van der Waals surface area contributed by atoms with E-state index in [2.05, 4.69) is 15.7 Å². The number of hydrogen-bond donors (Lipinski definition) is 2. The first-order valence-corrected chi connectivity index (χ1v) is 9.37. The van der Waals surface area contributed by atoms with Gasteiger partial charge in [-0.3, -0.25) is 9.59 Å². The van der Waals surface area contributed by atoms with Crippen LogP contribution in [-0.2, 0) is 9.59 Å². The van der Waals surface area contributed by atoms with Gasteiger partial charge in [0, 0.05) is 22.9 Å². The number of nitrogens with zero attached hydrogens (tertiary/aromatic N) is 2. The Morgan fingerprint density at radius 1 is 1.21 bits per heavy atom. The van der Waals surface area contributed by atoms with Crippen molar-refractivity contribution in [3.8, 4) is 17.0 Å². The van der Waals surface area contributed by atoms with Crippen molar-refractivity contribution in [3.05, 3.63) is 59.7 Å². The highest BCUT2D eigenvalue weighted by molar-refractivity contribution is 6.02. The lowest BCUT2D eigenvalue weighted by Gasteiger charge is -2.24. The molecule has 7 heteroatoms. The normalized spacial score (nSPS) is 15.4. The monoisotopic (exact) mass is 390 g/mol. The fraction of sp³-hybridized carbons (Fsp3) is 0.227. The van der Waals surface area contributed by atoms with Crippen molar-refractivity contribution in [1.82, 2.24) is 9.78 Å². The number of anilines is 2. The van der Waals surface area contributed by atoms with Gasteiger partial charge in [-0.05, 0) is 26.0 Å². The fourth-order valence-corrected chi connectivity index (χ4v) is 3.45. The average Bonchev–Trinajstić information content (AvgIpc) is 3.04. The van der Waals surface area contributed by atoms with Gasteiger partial charge in [0.05, 0.1) is 19.2 Å². The van der Waals surface area contributed by atoms with Crippen LogP contribution in [0.4, 0.5) is 11.5 Å². The van der Waals surface area contributed by atoms with Crippen molar-refractivity contribution in [3.63, 3.8) is 0 Å². The maximum absolute atomic E-state index is 13.0. The second-order valence-electron chi connectivity index (χ2n) is 7.12. The SMILES string of the molecule is COc1cccc(NC(=O)[C@H]2CC(=O)Nc3c(C)c(-c4ccc(C)cc4)nn32)c1. The number of amides is 2. The predicted molar refractivity (Wildman–Crippen MR) is 111 cm³/mol. The topological polar surface area (TPSA) is 85.2 Å². The number of ether oxygens (including phenoxy) is 1. The maximum atomic E-state index is 13.0. The molecule has 1 aliphatic heterocycles. The van der Waals surface area contributed by atoms with E-state index in [1.165, 1.54) is 0 Å². The van der Waals surface area contributed by atoms with Gasteiger partial charge >= 0.3 is 0 Å². The van der Waals surface area contributed by atoms with Crippen LogP contribution in [0.3, 0.4) is 0 Å². The molecule has 148 valence electrons. The van der Waals surface area contributed by atoms with Gasteiger partial charge in [0.2, 0.25) is 11.8 Å². The Balaban J connectivity index is 1.68. The van der Waals surface area contributed by atoms with Crippen LogP contribution in [0.25, 0.3) is 11.3 Å². The number of carbonyl (C=O) groups excluding carboxylic acids is 2.